The minimum atomic E-state index is -4.59. The van der Waals surface area contributed by atoms with Crippen LogP contribution >= 0.6 is 0 Å². The van der Waals surface area contributed by atoms with Crippen LogP contribution in [0.15, 0.2) is 60.7 Å². The number of hydrogen-bond acceptors (Lipinski definition) is 1. The van der Waals surface area contributed by atoms with Gasteiger partial charge in [0.1, 0.15) is 34.6 Å². The van der Waals surface area contributed by atoms with E-state index in [4.69, 9.17) is 0 Å². The average Bonchev–Trinajstić information content (AvgIpc) is 2.94. The monoisotopic (exact) mass is 616 g/mol. The zero-order valence-electron chi connectivity index (χ0n) is 22.9. The summed E-state index contributed by atoms with van der Waals surface area (Å²) >= 11 is 0. The average molecular weight is 617 g/mol. The summed E-state index contributed by atoms with van der Waals surface area (Å²) in [6.07, 6.45) is -2.05. The van der Waals surface area contributed by atoms with Crippen LogP contribution in [-0.4, -0.2) is 0 Å². The molecule has 226 valence electrons. The first-order chi connectivity index (χ1) is 20.9. The summed E-state index contributed by atoms with van der Waals surface area (Å²) in [5.41, 5.74) is -1.74. The van der Waals surface area contributed by atoms with E-state index in [0.29, 0.717) is 24.1 Å². The van der Waals surface area contributed by atoms with E-state index < -0.39 is 63.7 Å². The number of benzene rings is 4. The Kier molecular flexibility index (Phi) is 9.95. The molecule has 0 bridgehead atoms. The first-order valence-corrected chi connectivity index (χ1v) is 13.2. The summed E-state index contributed by atoms with van der Waals surface area (Å²) in [6.45, 7) is 1.93. The lowest BCUT2D eigenvalue weighted by Gasteiger charge is -2.20. The van der Waals surface area contributed by atoms with Crippen molar-refractivity contribution in [2.24, 2.45) is 0 Å². The van der Waals surface area contributed by atoms with Crippen molar-refractivity contribution in [3.8, 4) is 29.4 Å². The number of hydrogen-bond donors (Lipinski definition) is 0. The number of unbranched alkanes of at least 4 members (excludes halogenated alkanes) is 2. The minimum Gasteiger partial charge on any atom is -0.429 e. The third-order valence-electron chi connectivity index (χ3n) is 6.28. The van der Waals surface area contributed by atoms with Gasteiger partial charge in [0.05, 0.1) is 5.56 Å². The maximum absolute atomic E-state index is 14.7. The van der Waals surface area contributed by atoms with Crippen LogP contribution in [0.1, 0.15) is 59.6 Å². The van der Waals surface area contributed by atoms with Gasteiger partial charge in [-0.25, -0.2) is 30.7 Å². The molecule has 0 aliphatic heterocycles. The summed E-state index contributed by atoms with van der Waals surface area (Å²) in [5, 5.41) is 0. The highest BCUT2D eigenvalue weighted by Crippen LogP contribution is 2.36. The highest BCUT2D eigenvalue weighted by Gasteiger charge is 2.41. The van der Waals surface area contributed by atoms with Crippen LogP contribution < -0.4 is 4.74 Å². The third kappa shape index (κ3) is 7.76. The smallest absolute Gasteiger partial charge is 0.429 e. The molecule has 0 radical (unpaired) electrons. The maximum Gasteiger partial charge on any atom is 0.432 e. The van der Waals surface area contributed by atoms with Crippen LogP contribution in [0.4, 0.5) is 39.5 Å². The van der Waals surface area contributed by atoms with Gasteiger partial charge >= 0.3 is 6.11 Å². The largest absolute Gasteiger partial charge is 0.432 e. The van der Waals surface area contributed by atoms with Crippen molar-refractivity contribution in [2.75, 3.05) is 0 Å². The van der Waals surface area contributed by atoms with Crippen molar-refractivity contribution in [2.45, 2.75) is 38.7 Å². The first-order valence-electron chi connectivity index (χ1n) is 13.2. The molecule has 0 aromatic heterocycles. The van der Waals surface area contributed by atoms with Crippen molar-refractivity contribution in [3.05, 3.63) is 135 Å². The number of aryl methyl sites for hydroxylation is 1. The van der Waals surface area contributed by atoms with Crippen LogP contribution in [-0.2, 0) is 12.5 Å². The topological polar surface area (TPSA) is 9.23 Å². The van der Waals surface area contributed by atoms with Gasteiger partial charge in [-0.3, -0.25) is 0 Å². The molecule has 10 heteroatoms. The van der Waals surface area contributed by atoms with Crippen LogP contribution in [0.2, 0.25) is 0 Å². The lowest BCUT2D eigenvalue weighted by Crippen LogP contribution is -2.25. The molecule has 0 aliphatic rings. The van der Waals surface area contributed by atoms with Crippen LogP contribution in [0.25, 0.3) is 0 Å². The van der Waals surface area contributed by atoms with Gasteiger partial charge in [-0.1, -0.05) is 43.4 Å². The molecule has 4 aromatic rings. The molecular weight excluding hydrogens is 595 g/mol. The van der Waals surface area contributed by atoms with E-state index >= 15 is 0 Å². The fourth-order valence-electron chi connectivity index (χ4n) is 4.10. The van der Waals surface area contributed by atoms with E-state index in [-0.39, 0.29) is 23.1 Å². The summed E-state index contributed by atoms with van der Waals surface area (Å²) in [5.74, 6) is -1.44. The molecule has 4 aromatic carbocycles. The second-order valence-electron chi connectivity index (χ2n) is 9.60. The highest BCUT2D eigenvalue weighted by atomic mass is 19.3. The van der Waals surface area contributed by atoms with E-state index in [1.54, 1.807) is 0 Å². The van der Waals surface area contributed by atoms with Crippen LogP contribution in [0, 0.1) is 64.4 Å². The molecule has 0 heterocycles. The molecule has 0 aliphatic carbocycles. The van der Waals surface area contributed by atoms with E-state index in [2.05, 4.69) is 28.4 Å². The normalized spacial score (nSPS) is 11.0. The fraction of sp³-hybridized carbons (Fsp3) is 0.176. The second kappa shape index (κ2) is 13.6. The van der Waals surface area contributed by atoms with Crippen molar-refractivity contribution in [3.63, 3.8) is 0 Å². The van der Waals surface area contributed by atoms with E-state index in [0.717, 1.165) is 37.1 Å². The Morgan fingerprint density at radius 1 is 0.591 bits per heavy atom. The Hall–Kier alpha value is -4.83. The van der Waals surface area contributed by atoms with E-state index in [1.165, 1.54) is 24.3 Å². The Morgan fingerprint density at radius 2 is 1.09 bits per heavy atom. The summed E-state index contributed by atoms with van der Waals surface area (Å²) in [4.78, 5) is 0. The van der Waals surface area contributed by atoms with Gasteiger partial charge in [-0.15, -0.1) is 0 Å². The lowest BCUT2D eigenvalue weighted by molar-refractivity contribution is -0.189. The molecule has 0 atom stereocenters. The summed E-state index contributed by atoms with van der Waals surface area (Å²) in [6, 6.07) is 9.60. The van der Waals surface area contributed by atoms with Crippen molar-refractivity contribution in [1.82, 2.24) is 0 Å². The van der Waals surface area contributed by atoms with Gasteiger partial charge in [0, 0.05) is 28.8 Å². The van der Waals surface area contributed by atoms with Gasteiger partial charge in [-0.2, -0.15) is 8.78 Å². The second-order valence-corrected chi connectivity index (χ2v) is 9.60. The molecule has 0 saturated carbocycles. The first kappa shape index (κ1) is 32.1. The van der Waals surface area contributed by atoms with Crippen molar-refractivity contribution in [1.29, 1.82) is 0 Å². The predicted molar refractivity (Wildman–Crippen MR) is 145 cm³/mol. The SMILES string of the molecule is CCCCCc1cc(F)c(C(F)(F)Oc2cc(F)c(C#Cc3ccc(C#Cc4cc(F)c(F)c(F)c4)cc3)c(F)c2)c(F)c1. The Balaban J connectivity index is 1.49. The zero-order chi connectivity index (χ0) is 32.0. The lowest BCUT2D eigenvalue weighted by atomic mass is 10.0. The van der Waals surface area contributed by atoms with Gasteiger partial charge in [0.2, 0.25) is 0 Å². The Labute approximate surface area is 247 Å². The van der Waals surface area contributed by atoms with Gasteiger partial charge in [0.15, 0.2) is 17.5 Å². The number of halogens is 9. The number of ether oxygens (including phenoxy) is 1. The van der Waals surface area contributed by atoms with Crippen LogP contribution in [0.5, 0.6) is 5.75 Å². The molecular formula is C34H21F9O. The van der Waals surface area contributed by atoms with E-state index in [9.17, 15) is 39.5 Å². The number of rotatable bonds is 7. The van der Waals surface area contributed by atoms with Gasteiger partial charge in [-0.05, 0) is 66.9 Å². The molecule has 1 nitrogen and oxygen atoms in total. The fourth-order valence-corrected chi connectivity index (χ4v) is 4.10. The third-order valence-corrected chi connectivity index (χ3v) is 6.28. The van der Waals surface area contributed by atoms with Crippen molar-refractivity contribution >= 4 is 0 Å². The van der Waals surface area contributed by atoms with Gasteiger partial charge in [0.25, 0.3) is 0 Å². The zero-order valence-corrected chi connectivity index (χ0v) is 22.9. The molecule has 0 saturated heterocycles. The molecule has 0 spiro atoms. The quantitative estimate of drug-likeness (QED) is 0.0871. The highest BCUT2D eigenvalue weighted by molar-refractivity contribution is 5.49. The molecule has 0 fully saturated rings. The summed E-state index contributed by atoms with van der Waals surface area (Å²) < 4.78 is 132. The molecule has 0 amide bonds. The van der Waals surface area contributed by atoms with Crippen LogP contribution in [0.3, 0.4) is 0 Å². The standard InChI is InChI=1S/C34H21F9O/c1-2-3-4-5-22-14-28(37)32(29(38)15-22)34(42,43)44-24-18-26(35)25(27(36)19-24)13-12-21-8-6-20(7-9-21)10-11-23-16-30(39)33(41)31(40)17-23/h6-9,14-19H,2-5H2,1H3. The minimum absolute atomic E-state index is 0.104. The van der Waals surface area contributed by atoms with E-state index in [1.807, 2.05) is 6.92 Å². The van der Waals surface area contributed by atoms with Gasteiger partial charge < -0.3 is 4.74 Å². The molecule has 0 N–H and O–H groups in total. The molecule has 0 unspecified atom stereocenters. The Bertz CT molecular complexity index is 1740. The predicted octanol–water partition coefficient (Wildman–Crippen LogP) is 9.32. The summed E-state index contributed by atoms with van der Waals surface area (Å²) in [7, 11) is 0. The molecule has 4 rings (SSSR count). The molecule has 44 heavy (non-hydrogen) atoms. The van der Waals surface area contributed by atoms with Crippen molar-refractivity contribution < 1.29 is 44.3 Å². The Morgan fingerprint density at radius 3 is 1.61 bits per heavy atom. The maximum atomic E-state index is 14.7. The number of alkyl halides is 2.